The number of carbonyl (C=O) groups excluding carboxylic acids is 1. The highest BCUT2D eigenvalue weighted by Crippen LogP contribution is 2.26. The van der Waals surface area contributed by atoms with E-state index in [0.29, 0.717) is 18.0 Å². The molecule has 0 spiro atoms. The quantitative estimate of drug-likeness (QED) is 0.455. The molecule has 0 aliphatic heterocycles. The van der Waals surface area contributed by atoms with Crippen LogP contribution in [0.15, 0.2) is 60.3 Å². The lowest BCUT2D eigenvalue weighted by Crippen LogP contribution is -2.41. The monoisotopic (exact) mass is 422 g/mol. The lowest BCUT2D eigenvalue weighted by molar-refractivity contribution is -0.118. The number of benzene rings is 2. The van der Waals surface area contributed by atoms with Crippen molar-refractivity contribution in [3.63, 3.8) is 0 Å². The zero-order valence-electron chi connectivity index (χ0n) is 18.2. The van der Waals surface area contributed by atoms with Gasteiger partial charge in [-0.2, -0.15) is 10.5 Å². The van der Waals surface area contributed by atoms with E-state index in [9.17, 15) is 15.3 Å². The lowest BCUT2D eigenvalue weighted by atomic mass is 9.86. The standard InChI is InChI=1S/C27H26N4O/c1-19-8-2-6-12-25(19)30-27(32)22(16-29)14-23-18-31(26-13-7-5-11-24(23)26)17-21-10-4-3-9-20(21)15-28/h3-5,7,9-11,13-14,18-19,25H,2,6,8,12,17H2,1H3,(H,30,32)/b22-14+/t19-,25+/m1/s1. The summed E-state index contributed by atoms with van der Waals surface area (Å²) < 4.78 is 2.06. The number of para-hydroxylation sites is 1. The third-order valence-corrected chi connectivity index (χ3v) is 6.39. The van der Waals surface area contributed by atoms with E-state index < -0.39 is 0 Å². The van der Waals surface area contributed by atoms with Crippen LogP contribution >= 0.6 is 0 Å². The van der Waals surface area contributed by atoms with Crippen LogP contribution in [0.5, 0.6) is 0 Å². The molecule has 1 heterocycles. The van der Waals surface area contributed by atoms with Crippen molar-refractivity contribution in [1.82, 2.24) is 9.88 Å². The number of aromatic nitrogens is 1. The van der Waals surface area contributed by atoms with Crippen LogP contribution in [0.25, 0.3) is 17.0 Å². The van der Waals surface area contributed by atoms with Crippen molar-refractivity contribution in [3.8, 4) is 12.1 Å². The van der Waals surface area contributed by atoms with Crippen molar-refractivity contribution in [1.29, 1.82) is 10.5 Å². The molecule has 0 saturated heterocycles. The van der Waals surface area contributed by atoms with Crippen LogP contribution in [0, 0.1) is 28.6 Å². The number of nitriles is 2. The first-order chi connectivity index (χ1) is 15.6. The van der Waals surface area contributed by atoms with Crippen molar-refractivity contribution >= 4 is 22.9 Å². The van der Waals surface area contributed by atoms with Crippen LogP contribution in [0.3, 0.4) is 0 Å². The fraction of sp³-hybridized carbons (Fsp3) is 0.296. The summed E-state index contributed by atoms with van der Waals surface area (Å²) in [5, 5.41) is 23.2. The number of rotatable bonds is 5. The second-order valence-electron chi connectivity index (χ2n) is 8.51. The van der Waals surface area contributed by atoms with Gasteiger partial charge in [-0.3, -0.25) is 4.79 Å². The molecule has 0 unspecified atom stereocenters. The Bertz CT molecular complexity index is 1250. The van der Waals surface area contributed by atoms with E-state index in [4.69, 9.17) is 0 Å². The van der Waals surface area contributed by atoms with Crippen molar-refractivity contribution < 1.29 is 4.79 Å². The van der Waals surface area contributed by atoms with E-state index in [-0.39, 0.29) is 17.5 Å². The normalized spacial score (nSPS) is 18.7. The van der Waals surface area contributed by atoms with Crippen LogP contribution in [0.2, 0.25) is 0 Å². The highest BCUT2D eigenvalue weighted by Gasteiger charge is 2.24. The molecule has 1 fully saturated rings. The van der Waals surface area contributed by atoms with Crippen LogP contribution < -0.4 is 5.32 Å². The Balaban J connectivity index is 1.66. The fourth-order valence-corrected chi connectivity index (χ4v) is 4.55. The van der Waals surface area contributed by atoms with Crippen molar-refractivity contribution in [2.75, 3.05) is 0 Å². The summed E-state index contributed by atoms with van der Waals surface area (Å²) in [6, 6.07) is 19.9. The summed E-state index contributed by atoms with van der Waals surface area (Å²) in [7, 11) is 0. The largest absolute Gasteiger partial charge is 0.348 e. The first-order valence-electron chi connectivity index (χ1n) is 11.1. The van der Waals surface area contributed by atoms with Gasteiger partial charge >= 0.3 is 0 Å². The maximum atomic E-state index is 12.9. The summed E-state index contributed by atoms with van der Waals surface area (Å²) in [4.78, 5) is 12.9. The first-order valence-corrected chi connectivity index (χ1v) is 11.1. The zero-order chi connectivity index (χ0) is 22.5. The van der Waals surface area contributed by atoms with E-state index in [2.05, 4.69) is 28.9 Å². The molecule has 0 radical (unpaired) electrons. The van der Waals surface area contributed by atoms with E-state index >= 15 is 0 Å². The minimum Gasteiger partial charge on any atom is -0.348 e. The minimum atomic E-state index is -0.307. The number of hydrogen-bond donors (Lipinski definition) is 1. The van der Waals surface area contributed by atoms with E-state index in [0.717, 1.165) is 41.3 Å². The van der Waals surface area contributed by atoms with Gasteiger partial charge in [-0.05, 0) is 42.5 Å². The number of hydrogen-bond acceptors (Lipinski definition) is 3. The third-order valence-electron chi connectivity index (χ3n) is 6.39. The van der Waals surface area contributed by atoms with Gasteiger partial charge in [0, 0.05) is 35.2 Å². The predicted octanol–water partition coefficient (Wildman–Crippen LogP) is 5.16. The molecule has 3 aromatic rings. The molecule has 1 amide bonds. The molecule has 5 heteroatoms. The zero-order valence-corrected chi connectivity index (χ0v) is 18.2. The molecule has 1 aliphatic carbocycles. The van der Waals surface area contributed by atoms with Gasteiger partial charge in [-0.25, -0.2) is 0 Å². The lowest BCUT2D eigenvalue weighted by Gasteiger charge is -2.29. The van der Waals surface area contributed by atoms with Gasteiger partial charge in [0.1, 0.15) is 11.6 Å². The van der Waals surface area contributed by atoms with Gasteiger partial charge in [0.15, 0.2) is 0 Å². The van der Waals surface area contributed by atoms with Crippen LogP contribution in [-0.2, 0) is 11.3 Å². The maximum absolute atomic E-state index is 12.9. The van der Waals surface area contributed by atoms with Crippen LogP contribution in [0.1, 0.15) is 49.3 Å². The average Bonchev–Trinajstić information content (AvgIpc) is 3.16. The Kier molecular flexibility index (Phi) is 6.38. The van der Waals surface area contributed by atoms with Crippen LogP contribution in [-0.4, -0.2) is 16.5 Å². The number of carbonyl (C=O) groups is 1. The molecule has 2 aromatic carbocycles. The molecule has 32 heavy (non-hydrogen) atoms. The SMILES string of the molecule is C[C@@H]1CCCC[C@@H]1NC(=O)/C(C#N)=C/c1cn(Cc2ccccc2C#N)c2ccccc12. The average molecular weight is 423 g/mol. The van der Waals surface area contributed by atoms with E-state index in [1.54, 1.807) is 6.08 Å². The van der Waals surface area contributed by atoms with Crippen molar-refractivity contribution in [3.05, 3.63) is 77.0 Å². The fourth-order valence-electron chi connectivity index (χ4n) is 4.55. The van der Waals surface area contributed by atoms with Crippen molar-refractivity contribution in [2.45, 2.75) is 45.2 Å². The topological polar surface area (TPSA) is 81.6 Å². The van der Waals surface area contributed by atoms with Crippen LogP contribution in [0.4, 0.5) is 0 Å². The highest BCUT2D eigenvalue weighted by atomic mass is 16.1. The number of fused-ring (bicyclic) bond motifs is 1. The van der Waals surface area contributed by atoms with Gasteiger partial charge in [0.25, 0.3) is 5.91 Å². The maximum Gasteiger partial charge on any atom is 0.262 e. The molecule has 2 atom stereocenters. The molecule has 5 nitrogen and oxygen atoms in total. The summed E-state index contributed by atoms with van der Waals surface area (Å²) in [5.74, 6) is 0.118. The summed E-state index contributed by atoms with van der Waals surface area (Å²) in [6.45, 7) is 2.69. The molecular weight excluding hydrogens is 396 g/mol. The molecule has 0 bridgehead atoms. The smallest absolute Gasteiger partial charge is 0.262 e. The van der Waals surface area contributed by atoms with Crippen molar-refractivity contribution in [2.24, 2.45) is 5.92 Å². The third kappa shape index (κ3) is 4.43. The Morgan fingerprint density at radius 1 is 1.12 bits per heavy atom. The molecule has 1 aromatic heterocycles. The molecule has 160 valence electrons. The number of nitrogens with zero attached hydrogens (tertiary/aromatic N) is 3. The Morgan fingerprint density at radius 2 is 1.88 bits per heavy atom. The Morgan fingerprint density at radius 3 is 2.66 bits per heavy atom. The molecule has 1 aliphatic rings. The summed E-state index contributed by atoms with van der Waals surface area (Å²) in [5.41, 5.74) is 3.49. The second kappa shape index (κ2) is 9.54. The highest BCUT2D eigenvalue weighted by molar-refractivity contribution is 6.04. The van der Waals surface area contributed by atoms with Gasteiger partial charge in [0.2, 0.25) is 0 Å². The summed E-state index contributed by atoms with van der Waals surface area (Å²) in [6.07, 6.45) is 8.00. The minimum absolute atomic E-state index is 0.114. The molecular formula is C27H26N4O. The predicted molar refractivity (Wildman–Crippen MR) is 125 cm³/mol. The van der Waals surface area contributed by atoms with Gasteiger partial charge < -0.3 is 9.88 Å². The number of amides is 1. The molecule has 1 saturated carbocycles. The first kappa shape index (κ1) is 21.4. The van der Waals surface area contributed by atoms with Gasteiger partial charge in [-0.1, -0.05) is 56.2 Å². The molecule has 1 N–H and O–H groups in total. The molecule has 4 rings (SSSR count). The van der Waals surface area contributed by atoms with Gasteiger partial charge in [0.05, 0.1) is 11.6 Å². The van der Waals surface area contributed by atoms with Gasteiger partial charge in [-0.15, -0.1) is 0 Å². The Hall–Kier alpha value is -3.83. The second-order valence-corrected chi connectivity index (χ2v) is 8.51. The Labute approximate surface area is 188 Å². The van der Waals surface area contributed by atoms with E-state index in [1.807, 2.05) is 54.7 Å². The summed E-state index contributed by atoms with van der Waals surface area (Å²) >= 11 is 0. The van der Waals surface area contributed by atoms with E-state index in [1.165, 1.54) is 6.42 Å². The number of nitrogens with one attached hydrogen (secondary N) is 1.